The maximum absolute atomic E-state index is 8.51. The lowest BCUT2D eigenvalue weighted by molar-refractivity contribution is 0.696. The van der Waals surface area contributed by atoms with Crippen molar-refractivity contribution in [3.63, 3.8) is 0 Å². The van der Waals surface area contributed by atoms with E-state index in [0.717, 1.165) is 0 Å². The first kappa shape index (κ1) is 16.0. The second kappa shape index (κ2) is 46.3. The smallest absolute Gasteiger partial charge is 0.196 e. The molecule has 0 rings (SSSR count). The SMILES string of the molecule is N=S=O.N=S=O.O. The van der Waals surface area contributed by atoms with E-state index in [1.165, 1.54) is 0 Å². The third-order valence-corrected chi connectivity index (χ3v) is 0. The van der Waals surface area contributed by atoms with E-state index < -0.39 is 0 Å². The topological polar surface area (TPSA) is 113 Å². The lowest BCUT2D eigenvalue weighted by Gasteiger charge is -1.02. The van der Waals surface area contributed by atoms with Crippen LogP contribution in [-0.2, 0) is 22.9 Å². The predicted molar refractivity (Wildman–Crippen MR) is 25.3 cm³/mol. The van der Waals surface area contributed by atoms with Crippen molar-refractivity contribution in [2.45, 2.75) is 0 Å². The molecule has 0 saturated heterocycles. The van der Waals surface area contributed by atoms with E-state index >= 15 is 0 Å². The van der Waals surface area contributed by atoms with Gasteiger partial charge in [0.25, 0.3) is 0 Å². The minimum Gasteiger partial charge on any atom is -0.412 e. The third kappa shape index (κ3) is 454. The van der Waals surface area contributed by atoms with E-state index in [4.69, 9.17) is 18.0 Å². The Morgan fingerprint density at radius 1 is 1.00 bits per heavy atom. The van der Waals surface area contributed by atoms with Crippen LogP contribution in [0.4, 0.5) is 0 Å². The quantitative estimate of drug-likeness (QED) is 0.458. The van der Waals surface area contributed by atoms with Crippen molar-refractivity contribution in [2.24, 2.45) is 0 Å². The molecular formula is H4N2O3S2. The van der Waals surface area contributed by atoms with Gasteiger partial charge in [-0.1, -0.05) is 0 Å². The minimum atomic E-state index is -0.250. The van der Waals surface area contributed by atoms with Gasteiger partial charge < -0.3 is 5.48 Å². The molecule has 0 aliphatic carbocycles. The highest BCUT2D eigenvalue weighted by Crippen LogP contribution is 0.961. The summed E-state index contributed by atoms with van der Waals surface area (Å²) in [6, 6.07) is 0. The highest BCUT2D eigenvalue weighted by Gasteiger charge is 1.02. The van der Waals surface area contributed by atoms with E-state index in [1.54, 1.807) is 0 Å². The Bertz CT molecular complexity index is 64.9. The molecule has 7 heavy (non-hydrogen) atoms. The van der Waals surface area contributed by atoms with E-state index in [0.29, 0.717) is 0 Å². The van der Waals surface area contributed by atoms with Gasteiger partial charge in [-0.05, 0) is 0 Å². The summed E-state index contributed by atoms with van der Waals surface area (Å²) in [6.07, 6.45) is 0. The number of hydrogen-bond donors (Lipinski definition) is 2. The summed E-state index contributed by atoms with van der Waals surface area (Å²) in [6.45, 7) is 0. The van der Waals surface area contributed by atoms with Gasteiger partial charge >= 0.3 is 0 Å². The molecule has 0 saturated carbocycles. The van der Waals surface area contributed by atoms with Gasteiger partial charge in [0.1, 0.15) is 0 Å². The first-order chi connectivity index (χ1) is 2.83. The van der Waals surface area contributed by atoms with Crippen LogP contribution in [0.2, 0.25) is 0 Å². The zero-order valence-electron chi connectivity index (χ0n) is 3.13. The zero-order chi connectivity index (χ0) is 5.41. The Morgan fingerprint density at radius 3 is 1.00 bits per heavy atom. The Balaban J connectivity index is -0.0000000400. The van der Waals surface area contributed by atoms with Gasteiger partial charge in [0.15, 0.2) is 22.9 Å². The molecule has 0 aliphatic heterocycles. The van der Waals surface area contributed by atoms with Gasteiger partial charge in [-0.3, -0.25) is 0 Å². The van der Waals surface area contributed by atoms with Gasteiger partial charge in [0.2, 0.25) is 0 Å². The number of nitrogens with one attached hydrogen (secondary N) is 2. The van der Waals surface area contributed by atoms with Gasteiger partial charge in [-0.25, -0.2) is 9.56 Å². The molecule has 5 nitrogen and oxygen atoms in total. The Kier molecular flexibility index (Phi) is 106. The predicted octanol–water partition coefficient (Wildman–Crippen LogP) is -0.901. The maximum atomic E-state index is 8.51. The van der Waals surface area contributed by atoms with Crippen LogP contribution >= 0.6 is 0 Å². The van der Waals surface area contributed by atoms with E-state index in [9.17, 15) is 0 Å². The first-order valence-corrected chi connectivity index (χ1v) is 2.22. The highest BCUT2D eigenvalue weighted by atomic mass is 32.1. The van der Waals surface area contributed by atoms with Crippen molar-refractivity contribution in [1.29, 1.82) is 9.56 Å². The average Bonchev–Trinajstić information content (AvgIpc) is 1.39. The molecule has 7 heteroatoms. The van der Waals surface area contributed by atoms with Gasteiger partial charge in [0, 0.05) is 0 Å². The molecule has 0 heterocycles. The summed E-state index contributed by atoms with van der Waals surface area (Å²) < 4.78 is 28.2. The monoisotopic (exact) mass is 144 g/mol. The van der Waals surface area contributed by atoms with Gasteiger partial charge in [0.05, 0.1) is 0 Å². The van der Waals surface area contributed by atoms with Crippen molar-refractivity contribution in [2.75, 3.05) is 0 Å². The summed E-state index contributed by atoms with van der Waals surface area (Å²) in [5.41, 5.74) is 0. The fourth-order valence-corrected chi connectivity index (χ4v) is 0. The number of rotatable bonds is 0. The second-order valence-corrected chi connectivity index (χ2v) is 0.500. The molecule has 0 radical (unpaired) electrons. The van der Waals surface area contributed by atoms with Crippen LogP contribution < -0.4 is 0 Å². The molecule has 0 bridgehead atoms. The Morgan fingerprint density at radius 2 is 1.00 bits per heavy atom. The molecule has 0 aromatic heterocycles. The first-order valence-electron chi connectivity index (χ1n) is 0.742. The number of hydrogen-bond acceptors (Lipinski definition) is 4. The van der Waals surface area contributed by atoms with E-state index in [1.807, 2.05) is 0 Å². The molecular weight excluding hydrogens is 140 g/mol. The molecule has 0 aromatic carbocycles. The Labute approximate surface area is 47.1 Å². The molecule has 4 N–H and O–H groups in total. The third-order valence-electron chi connectivity index (χ3n) is 0. The lowest BCUT2D eigenvalue weighted by atomic mass is 14.0. The lowest BCUT2D eigenvalue weighted by Crippen LogP contribution is -1.09. The van der Waals surface area contributed by atoms with Crippen LogP contribution in [0.1, 0.15) is 0 Å². The molecule has 0 aliphatic rings. The van der Waals surface area contributed by atoms with Gasteiger partial charge in [-0.15, -0.1) is 0 Å². The van der Waals surface area contributed by atoms with Crippen molar-refractivity contribution >= 4 is 22.9 Å². The molecule has 0 aromatic rings. The average molecular weight is 144 g/mol. The van der Waals surface area contributed by atoms with Crippen LogP contribution in [0.5, 0.6) is 0 Å². The van der Waals surface area contributed by atoms with Crippen molar-refractivity contribution in [3.05, 3.63) is 0 Å². The minimum absolute atomic E-state index is 0. The summed E-state index contributed by atoms with van der Waals surface area (Å²) in [4.78, 5) is 0. The van der Waals surface area contributed by atoms with Crippen molar-refractivity contribution in [3.8, 4) is 0 Å². The molecule has 0 amide bonds. The van der Waals surface area contributed by atoms with Gasteiger partial charge in [-0.2, -0.15) is 8.42 Å². The van der Waals surface area contributed by atoms with Crippen LogP contribution in [-0.4, -0.2) is 13.9 Å². The molecule has 0 fully saturated rings. The standard InChI is InChI=1S/2HNOS.H2O/c2*1-3-2;/h2*1H;1H2. The normalized spacial score (nSPS) is 3.43. The second-order valence-electron chi connectivity index (χ2n) is 0.167. The van der Waals surface area contributed by atoms with Crippen molar-refractivity contribution < 1.29 is 13.9 Å². The van der Waals surface area contributed by atoms with Crippen molar-refractivity contribution in [1.82, 2.24) is 0 Å². The summed E-state index contributed by atoms with van der Waals surface area (Å²) >= 11 is -0.500. The molecule has 0 atom stereocenters. The molecule has 0 spiro atoms. The molecule has 0 unspecified atom stereocenters. The maximum Gasteiger partial charge on any atom is 0.196 e. The summed E-state index contributed by atoms with van der Waals surface area (Å²) in [7, 11) is 0. The van der Waals surface area contributed by atoms with Crippen LogP contribution in [0.3, 0.4) is 0 Å². The van der Waals surface area contributed by atoms with Crippen LogP contribution in [0, 0.1) is 9.56 Å². The Hall–Kier alpha value is -0.400. The largest absolute Gasteiger partial charge is 0.412 e. The fraction of sp³-hybridized carbons (Fsp3) is 0. The van der Waals surface area contributed by atoms with E-state index in [2.05, 4.69) is 0 Å². The van der Waals surface area contributed by atoms with Crippen LogP contribution in [0.15, 0.2) is 0 Å². The highest BCUT2D eigenvalue weighted by molar-refractivity contribution is 7.53. The summed E-state index contributed by atoms with van der Waals surface area (Å²) in [5.74, 6) is 0. The van der Waals surface area contributed by atoms with Crippen LogP contribution in [0.25, 0.3) is 0 Å². The fourth-order valence-electron chi connectivity index (χ4n) is 0. The summed E-state index contributed by atoms with van der Waals surface area (Å²) in [5, 5.41) is 0. The molecule has 44 valence electrons. The van der Waals surface area contributed by atoms with E-state index in [-0.39, 0.29) is 28.4 Å². The zero-order valence-corrected chi connectivity index (χ0v) is 4.77.